The zero-order chi connectivity index (χ0) is 29.9. The van der Waals surface area contributed by atoms with Crippen molar-refractivity contribution in [1.29, 1.82) is 0 Å². The van der Waals surface area contributed by atoms with Crippen LogP contribution in [0.2, 0.25) is 0 Å². The minimum absolute atomic E-state index is 0.532. The Hall–Kier alpha value is -2.74. The molecule has 14 heteroatoms. The van der Waals surface area contributed by atoms with Crippen molar-refractivity contribution in [3.8, 4) is 22.9 Å². The largest absolute Gasteiger partial charge is 0.747 e. The van der Waals surface area contributed by atoms with Gasteiger partial charge in [0.15, 0.2) is 0 Å². The van der Waals surface area contributed by atoms with Gasteiger partial charge in [-0.15, -0.1) is 23.2 Å². The summed E-state index contributed by atoms with van der Waals surface area (Å²) in [5, 5.41) is 0. The highest BCUT2D eigenvalue weighted by Gasteiger charge is 2.16. The van der Waals surface area contributed by atoms with Crippen LogP contribution in [0.1, 0.15) is 29.8 Å². The first-order valence-electron chi connectivity index (χ1n) is 11.8. The molecule has 0 N–H and O–H groups in total. The molecule has 0 aliphatic rings. The van der Waals surface area contributed by atoms with E-state index in [2.05, 4.69) is 9.97 Å². The Morgan fingerprint density at radius 2 is 1.02 bits per heavy atom. The zero-order valence-corrected chi connectivity index (χ0v) is 25.1. The van der Waals surface area contributed by atoms with Gasteiger partial charge in [0, 0.05) is 35.7 Å². The van der Waals surface area contributed by atoms with Crippen LogP contribution in [0.5, 0.6) is 0 Å². The summed E-state index contributed by atoms with van der Waals surface area (Å²) in [7, 11) is -10.0. The lowest BCUT2D eigenvalue weighted by Crippen LogP contribution is -2.26. The van der Waals surface area contributed by atoms with E-state index < -0.39 is 24.8 Å². The van der Waals surface area contributed by atoms with E-state index >= 15 is 0 Å². The monoisotopic (exact) mass is 630 g/mol. The van der Waals surface area contributed by atoms with Crippen LogP contribution in [0.3, 0.4) is 0 Å². The van der Waals surface area contributed by atoms with Crippen LogP contribution in [0, 0.1) is 13.8 Å². The number of rotatable bonds is 8. The average Bonchev–Trinajstić information content (AvgIpc) is 3.47. The predicted molar refractivity (Wildman–Crippen MR) is 151 cm³/mol. The molecule has 10 nitrogen and oxygen atoms in total. The molecule has 218 valence electrons. The molecule has 0 amide bonds. The highest BCUT2D eigenvalue weighted by molar-refractivity contribution is 8.03. The van der Waals surface area contributed by atoms with Crippen LogP contribution in [-0.4, -0.2) is 52.3 Å². The van der Waals surface area contributed by atoms with E-state index in [1.807, 2.05) is 74.5 Å². The Kier molecular flexibility index (Phi) is 12.8. The second-order valence-electron chi connectivity index (χ2n) is 8.22. The number of halogens is 2. The Labute approximate surface area is 243 Å². The SMILES string of the molecule is CC(S(=O)(=O)[O-])S(=O)(=O)[O-].Cc1nc(-c2ccccc2)oc1CCCl.Cc1nc(-c2ccccc2)oc1CCCl. The smallest absolute Gasteiger partial charge is 0.226 e. The highest BCUT2D eigenvalue weighted by Crippen LogP contribution is 2.23. The molecule has 0 spiro atoms. The summed E-state index contributed by atoms with van der Waals surface area (Å²) in [6.07, 6.45) is 1.46. The molecular weight excluding hydrogens is 603 g/mol. The first-order chi connectivity index (χ1) is 18.8. The second kappa shape index (κ2) is 15.3. The Morgan fingerprint density at radius 3 is 1.27 bits per heavy atom. The fourth-order valence-electron chi connectivity index (χ4n) is 3.04. The van der Waals surface area contributed by atoms with E-state index in [1.165, 1.54) is 0 Å². The maximum Gasteiger partial charge on any atom is 0.226 e. The molecule has 0 atom stereocenters. The third kappa shape index (κ3) is 10.3. The van der Waals surface area contributed by atoms with E-state index in [-0.39, 0.29) is 0 Å². The lowest BCUT2D eigenvalue weighted by Gasteiger charge is -2.18. The van der Waals surface area contributed by atoms with Crippen molar-refractivity contribution in [2.75, 3.05) is 11.8 Å². The van der Waals surface area contributed by atoms with Gasteiger partial charge in [-0.2, -0.15) is 0 Å². The zero-order valence-electron chi connectivity index (χ0n) is 21.9. The minimum Gasteiger partial charge on any atom is -0.747 e. The Morgan fingerprint density at radius 1 is 0.700 bits per heavy atom. The number of hydrogen-bond acceptors (Lipinski definition) is 10. The molecule has 2 heterocycles. The van der Waals surface area contributed by atoms with E-state index in [0.717, 1.165) is 46.9 Å². The van der Waals surface area contributed by atoms with Gasteiger partial charge < -0.3 is 17.9 Å². The van der Waals surface area contributed by atoms with E-state index in [1.54, 1.807) is 0 Å². The summed E-state index contributed by atoms with van der Waals surface area (Å²) >= 11 is 11.4. The van der Waals surface area contributed by atoms with Crippen molar-refractivity contribution in [1.82, 2.24) is 9.97 Å². The fourth-order valence-corrected chi connectivity index (χ4v) is 4.54. The molecule has 0 saturated carbocycles. The van der Waals surface area contributed by atoms with Gasteiger partial charge in [-0.25, -0.2) is 26.8 Å². The molecule has 0 bridgehead atoms. The lowest BCUT2D eigenvalue weighted by molar-refractivity contribution is 0.438. The molecule has 0 fully saturated rings. The number of benzene rings is 2. The summed E-state index contributed by atoms with van der Waals surface area (Å²) in [5.74, 6) is 4.23. The molecule has 4 aromatic rings. The number of nitrogens with zero attached hydrogens (tertiary/aromatic N) is 2. The van der Waals surface area contributed by atoms with Crippen molar-refractivity contribution < 1.29 is 34.8 Å². The van der Waals surface area contributed by atoms with Crippen molar-refractivity contribution in [2.45, 2.75) is 38.2 Å². The summed E-state index contributed by atoms with van der Waals surface area (Å²) in [5.41, 5.74) is 3.85. The topological polar surface area (TPSA) is 166 Å². The number of aryl methyl sites for hydroxylation is 4. The van der Waals surface area contributed by atoms with E-state index in [0.29, 0.717) is 30.5 Å². The Bertz CT molecular complexity index is 1440. The van der Waals surface area contributed by atoms with Crippen LogP contribution in [-0.2, 0) is 33.1 Å². The molecular formula is C26H28Cl2N2O8S2-2. The Balaban J connectivity index is 0.000000216. The molecule has 0 aliphatic carbocycles. The molecule has 40 heavy (non-hydrogen) atoms. The van der Waals surface area contributed by atoms with Gasteiger partial charge in [-0.1, -0.05) is 36.4 Å². The van der Waals surface area contributed by atoms with Crippen molar-refractivity contribution in [2.24, 2.45) is 0 Å². The third-order valence-corrected chi connectivity index (χ3v) is 8.70. The predicted octanol–water partition coefficient (Wildman–Crippen LogP) is 5.29. The van der Waals surface area contributed by atoms with E-state index in [4.69, 9.17) is 32.0 Å². The summed E-state index contributed by atoms with van der Waals surface area (Å²) in [6, 6.07) is 19.7. The summed E-state index contributed by atoms with van der Waals surface area (Å²) in [4.78, 5) is 8.75. The number of oxazole rings is 2. The normalized spacial score (nSPS) is 11.4. The summed E-state index contributed by atoms with van der Waals surface area (Å²) < 4.78 is 67.9. The van der Waals surface area contributed by atoms with Gasteiger partial charge in [-0.3, -0.25) is 0 Å². The van der Waals surface area contributed by atoms with Crippen molar-refractivity contribution >= 4 is 43.4 Å². The van der Waals surface area contributed by atoms with Crippen molar-refractivity contribution in [3.05, 3.63) is 83.6 Å². The van der Waals surface area contributed by atoms with E-state index in [9.17, 15) is 25.9 Å². The van der Waals surface area contributed by atoms with Gasteiger partial charge >= 0.3 is 0 Å². The van der Waals surface area contributed by atoms with Crippen LogP contribution >= 0.6 is 23.2 Å². The van der Waals surface area contributed by atoms with Gasteiger partial charge in [0.1, 0.15) is 36.3 Å². The van der Waals surface area contributed by atoms with Gasteiger partial charge in [0.2, 0.25) is 11.8 Å². The molecule has 0 radical (unpaired) electrons. The van der Waals surface area contributed by atoms with Gasteiger partial charge in [0.25, 0.3) is 0 Å². The number of aromatic nitrogens is 2. The standard InChI is InChI=1S/2C12H12ClNO.C2H6O6S2/c2*1-9-11(7-8-13)15-12(14-9)10-5-3-2-4-6-10;1-2(9(3,4)5)10(6,7)8/h2*2-6H,7-8H2,1H3;2H,1H3,(H,3,4,5)(H,6,7,8)/p-2. The summed E-state index contributed by atoms with van der Waals surface area (Å²) in [6.45, 7) is 4.42. The quantitative estimate of drug-likeness (QED) is 0.184. The van der Waals surface area contributed by atoms with Crippen LogP contribution < -0.4 is 0 Å². The molecule has 4 rings (SSSR count). The highest BCUT2D eigenvalue weighted by atomic mass is 35.5. The molecule has 0 saturated heterocycles. The lowest BCUT2D eigenvalue weighted by atomic mass is 10.2. The molecule has 0 aliphatic heterocycles. The number of hydrogen-bond donors (Lipinski definition) is 0. The average molecular weight is 632 g/mol. The minimum atomic E-state index is -5.01. The van der Waals surface area contributed by atoms with Crippen molar-refractivity contribution in [3.63, 3.8) is 0 Å². The first-order valence-corrected chi connectivity index (χ1v) is 15.8. The molecule has 2 aromatic carbocycles. The maximum absolute atomic E-state index is 9.84. The van der Waals surface area contributed by atoms with Gasteiger partial charge in [0.05, 0.1) is 11.4 Å². The number of alkyl halides is 2. The maximum atomic E-state index is 9.84. The fraction of sp³-hybridized carbons (Fsp3) is 0.308. The van der Waals surface area contributed by atoms with Crippen LogP contribution in [0.25, 0.3) is 22.9 Å². The van der Waals surface area contributed by atoms with Crippen LogP contribution in [0.4, 0.5) is 0 Å². The third-order valence-electron chi connectivity index (χ3n) is 5.28. The second-order valence-corrected chi connectivity index (χ2v) is 12.7. The van der Waals surface area contributed by atoms with Crippen LogP contribution in [0.15, 0.2) is 69.5 Å². The van der Waals surface area contributed by atoms with Gasteiger partial charge in [-0.05, 0) is 45.0 Å². The first kappa shape index (κ1) is 33.5. The molecule has 0 unspecified atom stereocenters. The molecule has 2 aromatic heterocycles.